The van der Waals surface area contributed by atoms with E-state index in [1.54, 1.807) is 4.68 Å². The molecule has 0 saturated heterocycles. The highest BCUT2D eigenvalue weighted by Gasteiger charge is 2.25. The summed E-state index contributed by atoms with van der Waals surface area (Å²) in [5.41, 5.74) is 2.00. The summed E-state index contributed by atoms with van der Waals surface area (Å²) < 4.78 is 13.1. The van der Waals surface area contributed by atoms with E-state index in [1.807, 2.05) is 27.8 Å². The van der Waals surface area contributed by atoms with Crippen molar-refractivity contribution in [3.8, 4) is 0 Å². The lowest BCUT2D eigenvalue weighted by Gasteiger charge is -2.27. The topological polar surface area (TPSA) is 48.3 Å². The summed E-state index contributed by atoms with van der Waals surface area (Å²) in [6.45, 7) is 10.1. The summed E-state index contributed by atoms with van der Waals surface area (Å²) in [6.07, 6.45) is 0.456. The van der Waals surface area contributed by atoms with Gasteiger partial charge in [-0.3, -0.25) is 4.68 Å². The molecular weight excluding hydrogens is 278 g/mol. The van der Waals surface area contributed by atoms with E-state index in [-0.39, 0.29) is 12.3 Å². The average Bonchev–Trinajstić information content (AvgIpc) is 2.64. The van der Waals surface area contributed by atoms with E-state index in [9.17, 15) is 0 Å². The Kier molecular flexibility index (Phi) is 7.51. The minimum Gasteiger partial charge on any atom is -0.351 e. The molecular formula is C14H26ClN3O2. The largest absolute Gasteiger partial charge is 0.351 e. The summed E-state index contributed by atoms with van der Waals surface area (Å²) in [5, 5.41) is 8.45. The van der Waals surface area contributed by atoms with E-state index < -0.39 is 0 Å². The van der Waals surface area contributed by atoms with Crippen molar-refractivity contribution in [2.45, 2.75) is 46.4 Å². The fraction of sp³-hybridized carbons (Fsp3) is 0.786. The van der Waals surface area contributed by atoms with Gasteiger partial charge in [-0.1, -0.05) is 18.5 Å². The zero-order valence-electron chi connectivity index (χ0n) is 13.1. The summed E-state index contributed by atoms with van der Waals surface area (Å²) >= 11 is 6.31. The predicted molar refractivity (Wildman–Crippen MR) is 81.2 cm³/mol. The maximum absolute atomic E-state index is 6.31. The fourth-order valence-electron chi connectivity index (χ4n) is 2.26. The fourth-order valence-corrected chi connectivity index (χ4v) is 2.51. The lowest BCUT2D eigenvalue weighted by Crippen LogP contribution is -2.44. The van der Waals surface area contributed by atoms with Crippen LogP contribution in [0.4, 0.5) is 0 Å². The highest BCUT2D eigenvalue weighted by molar-refractivity contribution is 6.30. The van der Waals surface area contributed by atoms with Gasteiger partial charge in [0.05, 0.1) is 11.7 Å². The molecule has 6 heteroatoms. The number of rotatable bonds is 9. The number of hydrogen-bond donors (Lipinski definition) is 1. The molecule has 0 aliphatic carbocycles. The van der Waals surface area contributed by atoms with Crippen LogP contribution in [0.15, 0.2) is 0 Å². The van der Waals surface area contributed by atoms with E-state index in [4.69, 9.17) is 21.1 Å². The Labute approximate surface area is 126 Å². The van der Waals surface area contributed by atoms with Gasteiger partial charge in [0.1, 0.15) is 5.15 Å². The molecule has 0 aromatic carbocycles. The monoisotopic (exact) mass is 303 g/mol. The zero-order valence-corrected chi connectivity index (χ0v) is 13.8. The van der Waals surface area contributed by atoms with Crippen LogP contribution in [0.2, 0.25) is 5.15 Å². The minimum absolute atomic E-state index is 0.0558. The van der Waals surface area contributed by atoms with E-state index in [2.05, 4.69) is 17.3 Å². The molecule has 0 fully saturated rings. The molecule has 0 spiro atoms. The van der Waals surface area contributed by atoms with Crippen LogP contribution in [0.5, 0.6) is 0 Å². The Balaban J connectivity index is 2.89. The van der Waals surface area contributed by atoms with E-state index in [1.165, 1.54) is 0 Å². The van der Waals surface area contributed by atoms with Crippen molar-refractivity contribution < 1.29 is 9.47 Å². The van der Waals surface area contributed by atoms with Gasteiger partial charge in [-0.25, -0.2) is 0 Å². The van der Waals surface area contributed by atoms with Crippen LogP contribution in [0, 0.1) is 6.92 Å². The zero-order chi connectivity index (χ0) is 15.1. The third-order valence-corrected chi connectivity index (χ3v) is 3.62. The number of ether oxygens (including phenoxy) is 2. The molecule has 5 nitrogen and oxygen atoms in total. The van der Waals surface area contributed by atoms with Gasteiger partial charge in [0.25, 0.3) is 0 Å². The Bertz CT molecular complexity index is 403. The molecule has 0 aliphatic rings. The van der Waals surface area contributed by atoms with Crippen LogP contribution in [0.3, 0.4) is 0 Å². The van der Waals surface area contributed by atoms with Gasteiger partial charge in [-0.15, -0.1) is 0 Å². The van der Waals surface area contributed by atoms with Gasteiger partial charge >= 0.3 is 0 Å². The Morgan fingerprint density at radius 1 is 1.25 bits per heavy atom. The molecule has 1 unspecified atom stereocenters. The van der Waals surface area contributed by atoms with Crippen molar-refractivity contribution in [2.24, 2.45) is 7.05 Å². The first kappa shape index (κ1) is 17.4. The predicted octanol–water partition coefficient (Wildman–Crippen LogP) is 2.30. The number of aromatic nitrogens is 2. The van der Waals surface area contributed by atoms with E-state index >= 15 is 0 Å². The summed E-state index contributed by atoms with van der Waals surface area (Å²) in [5.74, 6) is 0. The van der Waals surface area contributed by atoms with Gasteiger partial charge in [0.2, 0.25) is 0 Å². The average molecular weight is 304 g/mol. The Morgan fingerprint density at radius 3 is 2.25 bits per heavy atom. The number of nitrogens with zero attached hydrogens (tertiary/aromatic N) is 2. The molecule has 0 bridgehead atoms. The normalized spacial score (nSPS) is 13.2. The van der Waals surface area contributed by atoms with Crippen molar-refractivity contribution in [3.63, 3.8) is 0 Å². The van der Waals surface area contributed by atoms with Gasteiger partial charge in [-0.05, 0) is 33.7 Å². The van der Waals surface area contributed by atoms with Crippen LogP contribution in [-0.2, 0) is 22.9 Å². The van der Waals surface area contributed by atoms with Gasteiger partial charge < -0.3 is 14.8 Å². The SMILES string of the molecule is CCNC(Cc1c(C)nn(C)c1Cl)C(OCC)OCC. The van der Waals surface area contributed by atoms with Crippen LogP contribution in [-0.4, -0.2) is 41.9 Å². The molecule has 0 amide bonds. The van der Waals surface area contributed by atoms with Gasteiger partial charge in [-0.2, -0.15) is 5.10 Å². The highest BCUT2D eigenvalue weighted by Crippen LogP contribution is 2.22. The lowest BCUT2D eigenvalue weighted by molar-refractivity contribution is -0.153. The van der Waals surface area contributed by atoms with Crippen molar-refractivity contribution in [2.75, 3.05) is 19.8 Å². The number of aryl methyl sites for hydroxylation is 2. The molecule has 20 heavy (non-hydrogen) atoms. The van der Waals surface area contributed by atoms with Crippen molar-refractivity contribution in [1.82, 2.24) is 15.1 Å². The second kappa shape index (κ2) is 8.62. The first-order valence-corrected chi connectivity index (χ1v) is 7.57. The van der Waals surface area contributed by atoms with Crippen molar-refractivity contribution >= 4 is 11.6 Å². The third kappa shape index (κ3) is 4.45. The van der Waals surface area contributed by atoms with E-state index in [0.29, 0.717) is 18.4 Å². The second-order valence-corrected chi connectivity index (χ2v) is 4.98. The second-order valence-electron chi connectivity index (χ2n) is 4.63. The van der Waals surface area contributed by atoms with Crippen molar-refractivity contribution in [3.05, 3.63) is 16.4 Å². The molecule has 0 saturated carbocycles. The molecule has 1 aromatic rings. The highest BCUT2D eigenvalue weighted by atomic mass is 35.5. The Hall–Kier alpha value is -0.620. The van der Waals surface area contributed by atoms with E-state index in [0.717, 1.165) is 24.2 Å². The van der Waals surface area contributed by atoms with Crippen LogP contribution in [0.25, 0.3) is 0 Å². The first-order chi connectivity index (χ1) is 9.54. The molecule has 1 N–H and O–H groups in total. The smallest absolute Gasteiger partial charge is 0.172 e. The number of nitrogens with one attached hydrogen (secondary N) is 1. The molecule has 0 radical (unpaired) electrons. The molecule has 1 aromatic heterocycles. The molecule has 1 rings (SSSR count). The summed E-state index contributed by atoms with van der Waals surface area (Å²) in [4.78, 5) is 0. The molecule has 116 valence electrons. The van der Waals surface area contributed by atoms with Gasteiger partial charge in [0, 0.05) is 25.8 Å². The quantitative estimate of drug-likeness (QED) is 0.711. The van der Waals surface area contributed by atoms with Crippen molar-refractivity contribution in [1.29, 1.82) is 0 Å². The Morgan fingerprint density at radius 2 is 1.85 bits per heavy atom. The number of halogens is 1. The summed E-state index contributed by atoms with van der Waals surface area (Å²) in [6, 6.07) is 0.0558. The summed E-state index contributed by atoms with van der Waals surface area (Å²) in [7, 11) is 1.85. The first-order valence-electron chi connectivity index (χ1n) is 7.19. The molecule has 1 atom stereocenters. The molecule has 1 heterocycles. The van der Waals surface area contributed by atoms with Gasteiger partial charge in [0.15, 0.2) is 6.29 Å². The number of hydrogen-bond acceptors (Lipinski definition) is 4. The maximum atomic E-state index is 6.31. The third-order valence-electron chi connectivity index (χ3n) is 3.15. The van der Waals surface area contributed by atoms with Crippen LogP contribution >= 0.6 is 11.6 Å². The standard InChI is InChI=1S/C14H26ClN3O2/c1-6-16-12(14(19-7-2)20-8-3)9-11-10(4)17-18(5)13(11)15/h12,14,16H,6-9H2,1-5H3. The molecule has 0 aliphatic heterocycles. The minimum atomic E-state index is -0.277. The maximum Gasteiger partial charge on any atom is 0.172 e. The van der Waals surface area contributed by atoms with Crippen LogP contribution < -0.4 is 5.32 Å². The lowest BCUT2D eigenvalue weighted by atomic mass is 10.1. The number of likely N-dealkylation sites (N-methyl/N-ethyl adjacent to an activating group) is 1. The van der Waals surface area contributed by atoms with Crippen LogP contribution in [0.1, 0.15) is 32.0 Å².